The van der Waals surface area contributed by atoms with E-state index in [0.717, 1.165) is 56.0 Å². The number of piperidine rings is 1. The van der Waals surface area contributed by atoms with Gasteiger partial charge >= 0.3 is 0 Å². The van der Waals surface area contributed by atoms with E-state index >= 15 is 0 Å². The second-order valence-electron chi connectivity index (χ2n) is 8.47. The second-order valence-corrected chi connectivity index (χ2v) is 8.47. The van der Waals surface area contributed by atoms with Crippen molar-refractivity contribution < 1.29 is 9.53 Å². The quantitative estimate of drug-likeness (QED) is 0.573. The van der Waals surface area contributed by atoms with Crippen molar-refractivity contribution in [3.63, 3.8) is 0 Å². The Kier molecular flexibility index (Phi) is 7.17. The molecule has 0 bridgehead atoms. The van der Waals surface area contributed by atoms with E-state index in [1.165, 1.54) is 23.7 Å². The number of likely N-dealkylation sites (tertiary alicyclic amines) is 1. The molecule has 0 unspecified atom stereocenters. The molecule has 0 spiro atoms. The van der Waals surface area contributed by atoms with Crippen molar-refractivity contribution in [1.29, 1.82) is 0 Å². The number of para-hydroxylation sites is 1. The highest BCUT2D eigenvalue weighted by Crippen LogP contribution is 2.28. The van der Waals surface area contributed by atoms with E-state index in [1.54, 1.807) is 7.11 Å². The van der Waals surface area contributed by atoms with Crippen molar-refractivity contribution in [1.82, 2.24) is 9.88 Å². The van der Waals surface area contributed by atoms with Gasteiger partial charge in [-0.05, 0) is 61.8 Å². The first-order valence-corrected chi connectivity index (χ1v) is 11.3. The van der Waals surface area contributed by atoms with Gasteiger partial charge in [-0.15, -0.1) is 0 Å². The minimum atomic E-state index is -0.0413. The number of anilines is 1. The lowest BCUT2D eigenvalue weighted by atomic mass is 9.92. The highest BCUT2D eigenvalue weighted by Gasteiger charge is 2.22. The van der Waals surface area contributed by atoms with Crippen molar-refractivity contribution in [2.24, 2.45) is 0 Å². The van der Waals surface area contributed by atoms with Gasteiger partial charge in [0.2, 0.25) is 5.91 Å². The maximum absolute atomic E-state index is 11.2. The Morgan fingerprint density at radius 1 is 1.03 bits per heavy atom. The van der Waals surface area contributed by atoms with Crippen LogP contribution in [0.1, 0.15) is 48.2 Å². The Hall–Kier alpha value is -3.18. The highest BCUT2D eigenvalue weighted by atomic mass is 16.5. The summed E-state index contributed by atoms with van der Waals surface area (Å²) >= 11 is 0. The zero-order valence-electron chi connectivity index (χ0n) is 18.9. The first kappa shape index (κ1) is 22.0. The van der Waals surface area contributed by atoms with Crippen LogP contribution in [0.15, 0.2) is 66.7 Å². The Labute approximate surface area is 190 Å². The number of nitrogens with one attached hydrogen (secondary N) is 1. The van der Waals surface area contributed by atoms with E-state index in [0.29, 0.717) is 5.92 Å². The van der Waals surface area contributed by atoms with E-state index in [-0.39, 0.29) is 5.91 Å². The molecule has 5 nitrogen and oxygen atoms in total. The standard InChI is InChI=1S/C27H31N3O2/c1-20(31)28-24-12-10-21(11-13-24)19-30-16-14-22(15-17-30)26-8-5-7-25(29-26)18-23-6-3-4-9-27(23)32-2/h3-13,22H,14-19H2,1-2H3,(H,28,31). The Bertz CT molecular complexity index is 1040. The van der Waals surface area contributed by atoms with Crippen LogP contribution in [0.5, 0.6) is 5.75 Å². The monoisotopic (exact) mass is 429 g/mol. The number of ether oxygens (including phenoxy) is 1. The van der Waals surface area contributed by atoms with Crippen LogP contribution in [0.3, 0.4) is 0 Å². The average Bonchev–Trinajstić information content (AvgIpc) is 2.81. The molecule has 166 valence electrons. The SMILES string of the molecule is COc1ccccc1Cc1cccc(C2CCN(Cc3ccc(NC(C)=O)cc3)CC2)n1. The summed E-state index contributed by atoms with van der Waals surface area (Å²) in [5.74, 6) is 1.38. The van der Waals surface area contributed by atoms with Gasteiger partial charge in [-0.3, -0.25) is 14.7 Å². The molecule has 1 N–H and O–H groups in total. The lowest BCUT2D eigenvalue weighted by molar-refractivity contribution is -0.114. The molecule has 1 saturated heterocycles. The topological polar surface area (TPSA) is 54.5 Å². The van der Waals surface area contributed by atoms with Gasteiger partial charge in [-0.25, -0.2) is 0 Å². The fraction of sp³-hybridized carbons (Fsp3) is 0.333. The van der Waals surface area contributed by atoms with Crippen LogP contribution < -0.4 is 10.1 Å². The number of nitrogens with zero attached hydrogens (tertiary/aromatic N) is 2. The maximum atomic E-state index is 11.2. The van der Waals surface area contributed by atoms with E-state index in [1.807, 2.05) is 30.3 Å². The number of carbonyl (C=O) groups excluding carboxylic acids is 1. The van der Waals surface area contributed by atoms with Crippen LogP contribution in [0.4, 0.5) is 5.69 Å². The van der Waals surface area contributed by atoms with Gasteiger partial charge in [0.15, 0.2) is 0 Å². The minimum absolute atomic E-state index is 0.0413. The number of rotatable bonds is 7. The van der Waals surface area contributed by atoms with E-state index < -0.39 is 0 Å². The van der Waals surface area contributed by atoms with E-state index in [2.05, 4.69) is 46.6 Å². The van der Waals surface area contributed by atoms with Crippen LogP contribution in [0.2, 0.25) is 0 Å². The third kappa shape index (κ3) is 5.74. The maximum Gasteiger partial charge on any atom is 0.221 e. The number of carbonyl (C=O) groups is 1. The molecule has 2 aromatic carbocycles. The van der Waals surface area contributed by atoms with Crippen molar-refractivity contribution in [2.75, 3.05) is 25.5 Å². The van der Waals surface area contributed by atoms with Crippen molar-refractivity contribution in [2.45, 2.75) is 38.6 Å². The predicted molar refractivity (Wildman–Crippen MR) is 128 cm³/mol. The van der Waals surface area contributed by atoms with Gasteiger partial charge in [-0.2, -0.15) is 0 Å². The molecule has 4 rings (SSSR count). The molecule has 2 heterocycles. The summed E-state index contributed by atoms with van der Waals surface area (Å²) in [6, 6.07) is 22.7. The molecule has 0 radical (unpaired) electrons. The largest absolute Gasteiger partial charge is 0.496 e. The molecule has 0 saturated carbocycles. The summed E-state index contributed by atoms with van der Waals surface area (Å²) in [6.07, 6.45) is 3.02. The summed E-state index contributed by atoms with van der Waals surface area (Å²) in [5.41, 5.74) is 5.58. The van der Waals surface area contributed by atoms with Crippen LogP contribution >= 0.6 is 0 Å². The van der Waals surface area contributed by atoms with Gasteiger partial charge in [-0.1, -0.05) is 36.4 Å². The predicted octanol–water partition coefficient (Wildman–Crippen LogP) is 5.02. The molecular weight excluding hydrogens is 398 g/mol. The lowest BCUT2D eigenvalue weighted by Gasteiger charge is -2.32. The normalized spacial score (nSPS) is 14.8. The molecule has 1 fully saturated rings. The molecule has 1 aliphatic rings. The molecular formula is C27H31N3O2. The van der Waals surface area contributed by atoms with E-state index in [4.69, 9.17) is 9.72 Å². The van der Waals surface area contributed by atoms with Crippen LogP contribution in [0.25, 0.3) is 0 Å². The Morgan fingerprint density at radius 2 is 1.78 bits per heavy atom. The molecule has 0 aliphatic carbocycles. The van der Waals surface area contributed by atoms with Gasteiger partial charge in [0.25, 0.3) is 0 Å². The number of pyridine rings is 1. The fourth-order valence-corrected chi connectivity index (χ4v) is 4.41. The summed E-state index contributed by atoms with van der Waals surface area (Å²) in [4.78, 5) is 18.7. The molecule has 1 amide bonds. The minimum Gasteiger partial charge on any atom is -0.496 e. The first-order valence-electron chi connectivity index (χ1n) is 11.3. The van der Waals surface area contributed by atoms with Crippen LogP contribution in [-0.2, 0) is 17.8 Å². The number of methoxy groups -OCH3 is 1. The lowest BCUT2D eigenvalue weighted by Crippen LogP contribution is -2.32. The van der Waals surface area contributed by atoms with Crippen molar-refractivity contribution in [3.8, 4) is 5.75 Å². The molecule has 5 heteroatoms. The fourth-order valence-electron chi connectivity index (χ4n) is 4.41. The molecule has 3 aromatic rings. The van der Waals surface area contributed by atoms with Crippen LogP contribution in [0, 0.1) is 0 Å². The molecule has 1 aromatic heterocycles. The summed E-state index contributed by atoms with van der Waals surface area (Å²) in [6.45, 7) is 4.60. The van der Waals surface area contributed by atoms with Gasteiger partial charge in [0, 0.05) is 48.4 Å². The molecule has 0 atom stereocenters. The Balaban J connectivity index is 1.33. The summed E-state index contributed by atoms with van der Waals surface area (Å²) in [5, 5.41) is 2.82. The zero-order valence-corrected chi connectivity index (χ0v) is 18.9. The summed E-state index contributed by atoms with van der Waals surface area (Å²) < 4.78 is 5.50. The second kappa shape index (κ2) is 10.4. The van der Waals surface area contributed by atoms with Crippen LogP contribution in [-0.4, -0.2) is 36.0 Å². The molecule has 32 heavy (non-hydrogen) atoms. The number of hydrogen-bond acceptors (Lipinski definition) is 4. The third-order valence-corrected chi connectivity index (χ3v) is 6.08. The van der Waals surface area contributed by atoms with Gasteiger partial charge < -0.3 is 10.1 Å². The highest BCUT2D eigenvalue weighted by molar-refractivity contribution is 5.88. The number of benzene rings is 2. The van der Waals surface area contributed by atoms with Crippen molar-refractivity contribution in [3.05, 3.63) is 89.2 Å². The number of amides is 1. The smallest absolute Gasteiger partial charge is 0.221 e. The number of hydrogen-bond donors (Lipinski definition) is 1. The zero-order chi connectivity index (χ0) is 22.3. The summed E-state index contributed by atoms with van der Waals surface area (Å²) in [7, 11) is 1.72. The van der Waals surface area contributed by atoms with Gasteiger partial charge in [0.1, 0.15) is 5.75 Å². The Morgan fingerprint density at radius 3 is 2.50 bits per heavy atom. The third-order valence-electron chi connectivity index (χ3n) is 6.08. The molecule has 1 aliphatic heterocycles. The van der Waals surface area contributed by atoms with E-state index in [9.17, 15) is 4.79 Å². The van der Waals surface area contributed by atoms with Gasteiger partial charge in [0.05, 0.1) is 7.11 Å². The first-order chi connectivity index (χ1) is 15.6. The average molecular weight is 430 g/mol. The number of aromatic nitrogens is 1. The van der Waals surface area contributed by atoms with Crippen molar-refractivity contribution >= 4 is 11.6 Å².